The number of rotatable bonds is 3. The van der Waals surface area contributed by atoms with E-state index < -0.39 is 0 Å². The van der Waals surface area contributed by atoms with Gasteiger partial charge in [0.25, 0.3) is 0 Å². The van der Waals surface area contributed by atoms with Crippen molar-refractivity contribution in [1.82, 2.24) is 25.1 Å². The summed E-state index contributed by atoms with van der Waals surface area (Å²) in [7, 11) is 0. The first-order valence-electron chi connectivity index (χ1n) is 9.89. The summed E-state index contributed by atoms with van der Waals surface area (Å²) >= 11 is 0. The van der Waals surface area contributed by atoms with E-state index in [1.54, 1.807) is 30.7 Å². The highest BCUT2D eigenvalue weighted by Gasteiger charge is 2.15. The summed E-state index contributed by atoms with van der Waals surface area (Å²) < 4.78 is 13.4. The van der Waals surface area contributed by atoms with Gasteiger partial charge in [-0.3, -0.25) is 15.1 Å². The van der Waals surface area contributed by atoms with Gasteiger partial charge in [-0.1, -0.05) is 24.3 Å². The minimum absolute atomic E-state index is 0.259. The van der Waals surface area contributed by atoms with Crippen LogP contribution in [-0.2, 0) is 0 Å². The Labute approximate surface area is 176 Å². The fourth-order valence-corrected chi connectivity index (χ4v) is 3.95. The molecule has 148 valence electrons. The molecule has 0 fully saturated rings. The summed E-state index contributed by atoms with van der Waals surface area (Å²) in [6.45, 7) is 0. The average Bonchev–Trinajstić information content (AvgIpc) is 3.43. The van der Waals surface area contributed by atoms with Crippen molar-refractivity contribution < 1.29 is 4.39 Å². The zero-order valence-corrected chi connectivity index (χ0v) is 16.3. The Balaban J connectivity index is 1.51. The normalized spacial score (nSPS) is 11.4. The SMILES string of the molecule is Fc1ccc(-c2cncc3[nH]c(-c4n[nH]c5ccc(-c6ccccn6)cc45)cc23)cc1. The number of fused-ring (bicyclic) bond motifs is 2. The third-order valence-electron chi connectivity index (χ3n) is 5.48. The van der Waals surface area contributed by atoms with E-state index in [-0.39, 0.29) is 5.82 Å². The lowest BCUT2D eigenvalue weighted by Crippen LogP contribution is -1.83. The minimum atomic E-state index is -0.259. The van der Waals surface area contributed by atoms with Gasteiger partial charge in [-0.25, -0.2) is 4.39 Å². The van der Waals surface area contributed by atoms with Gasteiger partial charge in [0.1, 0.15) is 11.5 Å². The van der Waals surface area contributed by atoms with Gasteiger partial charge in [-0.15, -0.1) is 0 Å². The second kappa shape index (κ2) is 6.88. The van der Waals surface area contributed by atoms with Crippen molar-refractivity contribution in [3.8, 4) is 33.8 Å². The Morgan fingerprint density at radius 2 is 1.65 bits per heavy atom. The molecule has 0 saturated carbocycles. The lowest BCUT2D eigenvalue weighted by molar-refractivity contribution is 0.628. The van der Waals surface area contributed by atoms with Gasteiger partial charge in [0.05, 0.1) is 28.6 Å². The number of pyridine rings is 2. The van der Waals surface area contributed by atoms with Crippen molar-refractivity contribution >= 4 is 21.8 Å². The third-order valence-corrected chi connectivity index (χ3v) is 5.48. The third kappa shape index (κ3) is 2.97. The smallest absolute Gasteiger partial charge is 0.123 e. The molecule has 0 unspecified atom stereocenters. The summed E-state index contributed by atoms with van der Waals surface area (Å²) in [4.78, 5) is 12.3. The molecular weight excluding hydrogens is 389 g/mol. The molecule has 0 aliphatic rings. The van der Waals surface area contributed by atoms with Crippen LogP contribution in [0.5, 0.6) is 0 Å². The molecule has 0 atom stereocenters. The van der Waals surface area contributed by atoms with Crippen LogP contribution in [0.15, 0.2) is 85.3 Å². The fraction of sp³-hybridized carbons (Fsp3) is 0. The maximum absolute atomic E-state index is 13.4. The number of H-pyrrole nitrogens is 2. The molecule has 4 heterocycles. The highest BCUT2D eigenvalue weighted by molar-refractivity contribution is 6.01. The summed E-state index contributed by atoms with van der Waals surface area (Å²) in [6.07, 6.45) is 5.38. The lowest BCUT2D eigenvalue weighted by atomic mass is 10.0. The van der Waals surface area contributed by atoms with Crippen molar-refractivity contribution in [2.75, 3.05) is 0 Å². The number of nitrogens with one attached hydrogen (secondary N) is 2. The van der Waals surface area contributed by atoms with Gasteiger partial charge >= 0.3 is 0 Å². The number of benzene rings is 2. The monoisotopic (exact) mass is 405 g/mol. The Morgan fingerprint density at radius 1 is 0.774 bits per heavy atom. The molecule has 2 N–H and O–H groups in total. The van der Waals surface area contributed by atoms with Crippen LogP contribution in [-0.4, -0.2) is 25.1 Å². The van der Waals surface area contributed by atoms with Gasteiger partial charge in [0.2, 0.25) is 0 Å². The van der Waals surface area contributed by atoms with E-state index in [1.807, 2.05) is 30.3 Å². The molecule has 0 aliphatic heterocycles. The molecule has 6 aromatic rings. The molecule has 5 nitrogen and oxygen atoms in total. The van der Waals surface area contributed by atoms with Crippen LogP contribution in [0.4, 0.5) is 4.39 Å². The second-order valence-corrected chi connectivity index (χ2v) is 7.39. The van der Waals surface area contributed by atoms with Crippen molar-refractivity contribution in [2.24, 2.45) is 0 Å². The lowest BCUT2D eigenvalue weighted by Gasteiger charge is -2.02. The minimum Gasteiger partial charge on any atom is -0.352 e. The molecule has 6 heteroatoms. The van der Waals surface area contributed by atoms with Crippen LogP contribution < -0.4 is 0 Å². The number of aromatic amines is 2. The number of hydrogen-bond donors (Lipinski definition) is 2. The van der Waals surface area contributed by atoms with Gasteiger partial charge < -0.3 is 4.98 Å². The molecule has 0 spiro atoms. The highest BCUT2D eigenvalue weighted by Crippen LogP contribution is 2.34. The largest absolute Gasteiger partial charge is 0.352 e. The topological polar surface area (TPSA) is 70.2 Å². The maximum atomic E-state index is 13.4. The standard InChI is InChI=1S/C25H16FN5/c26-17-7-4-15(5-8-17)20-13-27-14-24-18(20)12-23(29-24)25-19-11-16(6-9-22(19)30-31-25)21-3-1-2-10-28-21/h1-14,29H,(H,30,31). The summed E-state index contributed by atoms with van der Waals surface area (Å²) in [5, 5.41) is 9.69. The first-order chi connectivity index (χ1) is 15.3. The molecule has 2 aromatic carbocycles. The molecule has 0 bridgehead atoms. The molecule has 31 heavy (non-hydrogen) atoms. The van der Waals surface area contributed by atoms with E-state index in [0.717, 1.165) is 55.6 Å². The van der Waals surface area contributed by atoms with Gasteiger partial charge in [0.15, 0.2) is 0 Å². The average molecular weight is 405 g/mol. The molecule has 0 radical (unpaired) electrons. The van der Waals surface area contributed by atoms with Crippen molar-refractivity contribution in [1.29, 1.82) is 0 Å². The van der Waals surface area contributed by atoms with Gasteiger partial charge in [0, 0.05) is 34.3 Å². The van der Waals surface area contributed by atoms with Gasteiger partial charge in [-0.2, -0.15) is 5.10 Å². The maximum Gasteiger partial charge on any atom is 0.123 e. The van der Waals surface area contributed by atoms with Crippen LogP contribution >= 0.6 is 0 Å². The number of nitrogens with zero attached hydrogens (tertiary/aromatic N) is 3. The van der Waals surface area contributed by atoms with Gasteiger partial charge in [-0.05, 0) is 48.0 Å². The molecule has 0 aliphatic carbocycles. The van der Waals surface area contributed by atoms with Crippen LogP contribution in [0.25, 0.3) is 55.6 Å². The first-order valence-corrected chi connectivity index (χ1v) is 9.89. The molecule has 6 rings (SSSR count). The molecule has 0 amide bonds. The van der Waals surface area contributed by atoms with Crippen LogP contribution in [0.2, 0.25) is 0 Å². The number of aromatic nitrogens is 5. The van der Waals surface area contributed by atoms with Crippen molar-refractivity contribution in [3.05, 3.63) is 91.1 Å². The fourth-order valence-electron chi connectivity index (χ4n) is 3.95. The van der Waals surface area contributed by atoms with Crippen LogP contribution in [0.1, 0.15) is 0 Å². The Kier molecular flexibility index (Phi) is 3.89. The Hall–Kier alpha value is -4.32. The predicted octanol–water partition coefficient (Wildman–Crippen LogP) is 5.97. The first kappa shape index (κ1) is 17.5. The zero-order valence-electron chi connectivity index (χ0n) is 16.3. The Morgan fingerprint density at radius 3 is 2.48 bits per heavy atom. The van der Waals surface area contributed by atoms with Crippen molar-refractivity contribution in [3.63, 3.8) is 0 Å². The van der Waals surface area contributed by atoms with E-state index in [2.05, 4.69) is 37.3 Å². The predicted molar refractivity (Wildman–Crippen MR) is 120 cm³/mol. The molecular formula is C25H16FN5. The highest BCUT2D eigenvalue weighted by atomic mass is 19.1. The second-order valence-electron chi connectivity index (χ2n) is 7.39. The quantitative estimate of drug-likeness (QED) is 0.381. The van der Waals surface area contributed by atoms with E-state index in [9.17, 15) is 4.39 Å². The summed E-state index contributed by atoms with van der Waals surface area (Å²) in [6, 6.07) is 20.5. The van der Waals surface area contributed by atoms with Crippen molar-refractivity contribution in [2.45, 2.75) is 0 Å². The zero-order chi connectivity index (χ0) is 20.8. The summed E-state index contributed by atoms with van der Waals surface area (Å²) in [5.41, 5.74) is 7.35. The van der Waals surface area contributed by atoms with Crippen LogP contribution in [0.3, 0.4) is 0 Å². The number of hydrogen-bond acceptors (Lipinski definition) is 3. The Bertz CT molecular complexity index is 1530. The van der Waals surface area contributed by atoms with E-state index in [1.165, 1.54) is 12.1 Å². The van der Waals surface area contributed by atoms with E-state index in [0.29, 0.717) is 0 Å². The van der Waals surface area contributed by atoms with E-state index >= 15 is 0 Å². The molecule has 0 saturated heterocycles. The van der Waals surface area contributed by atoms with Crippen LogP contribution in [0, 0.1) is 5.82 Å². The van der Waals surface area contributed by atoms with E-state index in [4.69, 9.17) is 0 Å². The molecule has 4 aromatic heterocycles. The summed E-state index contributed by atoms with van der Waals surface area (Å²) in [5.74, 6) is -0.259. The number of halogens is 1.